The number of aryl methyl sites for hydroxylation is 1. The van der Waals surface area contributed by atoms with Gasteiger partial charge in [-0.1, -0.05) is 53.4 Å². The van der Waals surface area contributed by atoms with Crippen LogP contribution >= 0.6 is 0 Å². The topological polar surface area (TPSA) is 38.9 Å². The molecular formula is C29H20IrN2O-2. The molecule has 0 unspecified atom stereocenters. The van der Waals surface area contributed by atoms with Crippen LogP contribution in [0.5, 0.6) is 0 Å². The summed E-state index contributed by atoms with van der Waals surface area (Å²) in [5.41, 5.74) is 5.21. The summed E-state index contributed by atoms with van der Waals surface area (Å²) in [6.07, 6.45) is 3.40. The number of furan rings is 1. The van der Waals surface area contributed by atoms with Crippen LogP contribution in [-0.4, -0.2) is 9.97 Å². The third kappa shape index (κ3) is 4.93. The van der Waals surface area contributed by atoms with E-state index in [1.54, 1.807) is 19.3 Å². The SMILES string of the molecule is [2H]c1c(C)cnc(-c2[c-]ccc3c2oc2ccccc23)c1[2H].[Ir].[c-]1ccccc1-c1ccccn1. The van der Waals surface area contributed by atoms with Gasteiger partial charge in [-0.25, -0.2) is 0 Å². The second-order valence-corrected chi connectivity index (χ2v) is 7.22. The van der Waals surface area contributed by atoms with E-state index in [2.05, 4.69) is 22.1 Å². The summed E-state index contributed by atoms with van der Waals surface area (Å²) in [5, 5.41) is 2.00. The third-order valence-corrected chi connectivity index (χ3v) is 4.99. The van der Waals surface area contributed by atoms with Crippen molar-refractivity contribution in [3.63, 3.8) is 0 Å². The van der Waals surface area contributed by atoms with E-state index in [4.69, 9.17) is 7.16 Å². The normalized spacial score (nSPS) is 11.2. The number of benzene rings is 3. The van der Waals surface area contributed by atoms with Crippen LogP contribution in [0, 0.1) is 19.1 Å². The maximum Gasteiger partial charge on any atom is 0.120 e. The largest absolute Gasteiger partial charge is 0.501 e. The van der Waals surface area contributed by atoms with Gasteiger partial charge in [0.05, 0.1) is 8.32 Å². The van der Waals surface area contributed by atoms with E-state index >= 15 is 0 Å². The van der Waals surface area contributed by atoms with Gasteiger partial charge in [0.15, 0.2) is 0 Å². The molecule has 6 aromatic rings. The van der Waals surface area contributed by atoms with Crippen LogP contribution in [0.1, 0.15) is 8.30 Å². The minimum atomic E-state index is 0. The molecule has 163 valence electrons. The maximum absolute atomic E-state index is 8.17. The predicted octanol–water partition coefficient (Wildman–Crippen LogP) is 7.30. The van der Waals surface area contributed by atoms with Crippen molar-refractivity contribution in [2.45, 2.75) is 6.92 Å². The summed E-state index contributed by atoms with van der Waals surface area (Å²) in [6.45, 7) is 1.78. The molecule has 3 aromatic carbocycles. The number of nitrogens with zero attached hydrogens (tertiary/aromatic N) is 2. The van der Waals surface area contributed by atoms with E-state index in [0.717, 1.165) is 27.6 Å². The van der Waals surface area contributed by atoms with Gasteiger partial charge in [0.25, 0.3) is 0 Å². The Balaban J connectivity index is 0.000000189. The van der Waals surface area contributed by atoms with Gasteiger partial charge in [-0.15, -0.1) is 54.1 Å². The van der Waals surface area contributed by atoms with Crippen molar-refractivity contribution in [3.8, 4) is 22.5 Å². The first kappa shape index (κ1) is 20.0. The molecule has 0 N–H and O–H groups in total. The summed E-state index contributed by atoms with van der Waals surface area (Å²) in [7, 11) is 0. The van der Waals surface area contributed by atoms with E-state index < -0.39 is 0 Å². The van der Waals surface area contributed by atoms with Gasteiger partial charge in [0.1, 0.15) is 5.58 Å². The summed E-state index contributed by atoms with van der Waals surface area (Å²) in [6, 6.07) is 31.8. The first-order chi connectivity index (χ1) is 16.6. The fourth-order valence-electron chi connectivity index (χ4n) is 3.45. The molecule has 0 aliphatic rings. The Bertz CT molecular complexity index is 1550. The van der Waals surface area contributed by atoms with Crippen molar-refractivity contribution in [1.82, 2.24) is 9.97 Å². The second-order valence-electron chi connectivity index (χ2n) is 7.22. The number of hydrogen-bond acceptors (Lipinski definition) is 3. The number of pyridine rings is 2. The Labute approximate surface area is 209 Å². The molecule has 3 aromatic heterocycles. The van der Waals surface area contributed by atoms with Gasteiger partial charge in [-0.05, 0) is 36.0 Å². The van der Waals surface area contributed by atoms with Crippen molar-refractivity contribution >= 4 is 21.9 Å². The van der Waals surface area contributed by atoms with Crippen LogP contribution in [0.3, 0.4) is 0 Å². The van der Waals surface area contributed by atoms with Gasteiger partial charge >= 0.3 is 0 Å². The van der Waals surface area contributed by atoms with Crippen molar-refractivity contribution in [1.29, 1.82) is 0 Å². The van der Waals surface area contributed by atoms with Gasteiger partial charge < -0.3 is 14.4 Å². The molecule has 0 aliphatic carbocycles. The number of rotatable bonds is 2. The van der Waals surface area contributed by atoms with Gasteiger partial charge in [0.2, 0.25) is 0 Å². The molecular weight excluding hydrogens is 585 g/mol. The molecule has 0 saturated carbocycles. The third-order valence-electron chi connectivity index (χ3n) is 4.99. The number of hydrogen-bond donors (Lipinski definition) is 0. The smallest absolute Gasteiger partial charge is 0.120 e. The average molecular weight is 607 g/mol. The summed E-state index contributed by atoms with van der Waals surface area (Å²) >= 11 is 0. The quantitative estimate of drug-likeness (QED) is 0.194. The molecule has 0 fully saturated rings. The van der Waals surface area contributed by atoms with Crippen LogP contribution in [0.4, 0.5) is 0 Å². The van der Waals surface area contributed by atoms with Gasteiger partial charge in [-0.2, -0.15) is 0 Å². The van der Waals surface area contributed by atoms with Crippen molar-refractivity contribution < 1.29 is 27.3 Å². The van der Waals surface area contributed by atoms with E-state index in [-0.39, 0.29) is 32.2 Å². The molecule has 6 rings (SSSR count). The monoisotopic (exact) mass is 607 g/mol. The standard InChI is InChI=1S/C18H12NO.C11H8N.Ir/c1-12-9-10-16(19-11-12)15-7-4-6-14-13-5-2-3-8-17(13)20-18(14)15;1-2-6-10(7-3-1)11-8-4-5-9-12-11;/h2-6,8-11H,1H3;1-6,8-9H;/q2*-1;/i9D,10D;;. The Kier molecular flexibility index (Phi) is 6.29. The van der Waals surface area contributed by atoms with Crippen LogP contribution in [0.2, 0.25) is 0 Å². The Morgan fingerprint density at radius 1 is 0.788 bits per heavy atom. The van der Waals surface area contributed by atoms with Crippen LogP contribution in [0.15, 0.2) is 108 Å². The van der Waals surface area contributed by atoms with Crippen molar-refractivity contribution in [2.24, 2.45) is 0 Å². The zero-order valence-corrected chi connectivity index (χ0v) is 20.2. The van der Waals surface area contributed by atoms with Crippen molar-refractivity contribution in [3.05, 3.63) is 121 Å². The number of para-hydroxylation sites is 1. The minimum absolute atomic E-state index is 0. The van der Waals surface area contributed by atoms with E-state index in [1.807, 2.05) is 78.9 Å². The molecule has 0 saturated heterocycles. The molecule has 0 bridgehead atoms. The molecule has 3 nitrogen and oxygen atoms in total. The fourth-order valence-corrected chi connectivity index (χ4v) is 3.45. The van der Waals surface area contributed by atoms with Gasteiger partial charge in [-0.3, -0.25) is 0 Å². The first-order valence-electron chi connectivity index (χ1n) is 11.3. The number of fused-ring (bicyclic) bond motifs is 3. The fraction of sp³-hybridized carbons (Fsp3) is 0.0345. The van der Waals surface area contributed by atoms with E-state index in [9.17, 15) is 0 Å². The Hall–Kier alpha value is -3.59. The Morgan fingerprint density at radius 2 is 1.64 bits per heavy atom. The van der Waals surface area contributed by atoms with E-state index in [0.29, 0.717) is 22.4 Å². The summed E-state index contributed by atoms with van der Waals surface area (Å²) in [4.78, 5) is 8.55. The zero-order valence-electron chi connectivity index (χ0n) is 19.8. The Morgan fingerprint density at radius 3 is 2.45 bits per heavy atom. The molecule has 1 radical (unpaired) electrons. The van der Waals surface area contributed by atoms with Crippen LogP contribution in [0.25, 0.3) is 44.5 Å². The maximum atomic E-state index is 8.17. The molecule has 33 heavy (non-hydrogen) atoms. The van der Waals surface area contributed by atoms with Crippen LogP contribution in [-0.2, 0) is 20.1 Å². The first-order valence-corrected chi connectivity index (χ1v) is 10.3. The van der Waals surface area contributed by atoms with Crippen molar-refractivity contribution in [2.75, 3.05) is 0 Å². The van der Waals surface area contributed by atoms with E-state index in [1.165, 1.54) is 0 Å². The molecule has 0 spiro atoms. The minimum Gasteiger partial charge on any atom is -0.501 e. The molecule has 0 atom stereocenters. The summed E-state index contributed by atoms with van der Waals surface area (Å²) < 4.78 is 22.1. The molecule has 3 heterocycles. The van der Waals surface area contributed by atoms with Gasteiger partial charge in [0, 0.05) is 37.9 Å². The van der Waals surface area contributed by atoms with Crippen LogP contribution < -0.4 is 0 Å². The molecule has 0 amide bonds. The zero-order chi connectivity index (χ0) is 23.5. The number of aromatic nitrogens is 2. The summed E-state index contributed by atoms with van der Waals surface area (Å²) in [5.74, 6) is 0. The second kappa shape index (κ2) is 10.4. The average Bonchev–Trinajstić information content (AvgIpc) is 3.28. The molecule has 4 heteroatoms. The molecule has 0 aliphatic heterocycles. The predicted molar refractivity (Wildman–Crippen MR) is 129 cm³/mol.